The average Bonchev–Trinajstić information content (AvgIpc) is 3.34. The molecule has 26 heavy (non-hydrogen) atoms. The summed E-state index contributed by atoms with van der Waals surface area (Å²) >= 11 is 1.50. The lowest BCUT2D eigenvalue weighted by Gasteiger charge is -2.22. The highest BCUT2D eigenvalue weighted by Crippen LogP contribution is 2.32. The highest BCUT2D eigenvalue weighted by Gasteiger charge is 2.29. The van der Waals surface area contributed by atoms with Gasteiger partial charge in [-0.25, -0.2) is 8.42 Å². The molecule has 0 bridgehead atoms. The molecular formula is C18H19NO5S2. The van der Waals surface area contributed by atoms with Gasteiger partial charge in [-0.3, -0.25) is 0 Å². The number of thiophene rings is 1. The van der Waals surface area contributed by atoms with Gasteiger partial charge in [0, 0.05) is 17.5 Å². The Morgan fingerprint density at radius 2 is 1.92 bits per heavy atom. The average molecular weight is 393 g/mol. The summed E-state index contributed by atoms with van der Waals surface area (Å²) in [7, 11) is -0.922. The fourth-order valence-electron chi connectivity index (χ4n) is 2.50. The topological polar surface area (TPSA) is 69.0 Å². The Labute approximate surface area is 156 Å². The minimum Gasteiger partial charge on any atom is -0.497 e. The summed E-state index contributed by atoms with van der Waals surface area (Å²) in [5, 5.41) is 1.92. The van der Waals surface area contributed by atoms with Gasteiger partial charge in [0.15, 0.2) is 0 Å². The summed E-state index contributed by atoms with van der Waals surface area (Å²) in [5.41, 5.74) is 0. The van der Waals surface area contributed by atoms with Crippen molar-refractivity contribution >= 4 is 21.4 Å². The van der Waals surface area contributed by atoms with E-state index in [1.165, 1.54) is 42.2 Å². The highest BCUT2D eigenvalue weighted by atomic mass is 32.2. The molecule has 1 aromatic carbocycles. The van der Waals surface area contributed by atoms with Gasteiger partial charge in [-0.1, -0.05) is 6.07 Å². The second-order valence-electron chi connectivity index (χ2n) is 5.45. The molecule has 0 N–H and O–H groups in total. The van der Waals surface area contributed by atoms with Crippen LogP contribution in [0.5, 0.6) is 11.5 Å². The molecule has 8 heteroatoms. The van der Waals surface area contributed by atoms with Gasteiger partial charge in [0.2, 0.25) is 10.0 Å². The van der Waals surface area contributed by atoms with Crippen molar-refractivity contribution in [2.45, 2.75) is 18.0 Å². The first kappa shape index (κ1) is 18.5. The molecule has 0 atom stereocenters. The van der Waals surface area contributed by atoms with Crippen LogP contribution in [0.25, 0.3) is 0 Å². The van der Waals surface area contributed by atoms with Gasteiger partial charge in [-0.2, -0.15) is 4.31 Å². The van der Waals surface area contributed by atoms with E-state index in [1.54, 1.807) is 24.3 Å². The molecule has 0 saturated carbocycles. The Kier molecular flexibility index (Phi) is 5.65. The number of hydrogen-bond donors (Lipinski definition) is 0. The first-order valence-electron chi connectivity index (χ1n) is 7.81. The number of sulfonamides is 1. The normalized spacial score (nSPS) is 11.7. The molecule has 6 nitrogen and oxygen atoms in total. The van der Waals surface area contributed by atoms with Gasteiger partial charge >= 0.3 is 0 Å². The number of benzene rings is 1. The van der Waals surface area contributed by atoms with Gasteiger partial charge < -0.3 is 13.9 Å². The Bertz CT molecular complexity index is 898. The monoisotopic (exact) mass is 393 g/mol. The lowest BCUT2D eigenvalue weighted by Crippen LogP contribution is -2.30. The summed E-state index contributed by atoms with van der Waals surface area (Å²) in [4.78, 5) is 0.990. The predicted octanol–water partition coefficient (Wildman–Crippen LogP) is 3.75. The molecule has 3 rings (SSSR count). The molecule has 0 aliphatic rings. The summed E-state index contributed by atoms with van der Waals surface area (Å²) in [6.45, 7) is 0.356. The van der Waals surface area contributed by atoms with Crippen molar-refractivity contribution < 1.29 is 22.3 Å². The van der Waals surface area contributed by atoms with Crippen molar-refractivity contribution in [2.24, 2.45) is 0 Å². The zero-order valence-electron chi connectivity index (χ0n) is 14.4. The molecular weight excluding hydrogens is 374 g/mol. The number of methoxy groups -OCH3 is 2. The van der Waals surface area contributed by atoms with Crippen LogP contribution in [0, 0.1) is 0 Å². The molecule has 2 aromatic heterocycles. The zero-order chi connectivity index (χ0) is 18.6. The van der Waals surface area contributed by atoms with Gasteiger partial charge in [-0.15, -0.1) is 11.3 Å². The summed E-state index contributed by atoms with van der Waals surface area (Å²) in [6.07, 6.45) is 1.53. The van der Waals surface area contributed by atoms with Crippen molar-refractivity contribution in [3.05, 3.63) is 64.7 Å². The summed E-state index contributed by atoms with van der Waals surface area (Å²) in [5.74, 6) is 1.27. The SMILES string of the molecule is COc1ccc(OC)c(S(=O)(=O)N(Cc2ccco2)Cc2cccs2)c1. The Hall–Kier alpha value is -2.29. The second kappa shape index (κ2) is 7.94. The first-order valence-corrected chi connectivity index (χ1v) is 10.1. The van der Waals surface area contributed by atoms with Crippen LogP contribution in [-0.2, 0) is 23.1 Å². The van der Waals surface area contributed by atoms with Crippen LogP contribution in [0.3, 0.4) is 0 Å². The molecule has 0 amide bonds. The van der Waals surface area contributed by atoms with E-state index in [9.17, 15) is 8.42 Å². The molecule has 0 radical (unpaired) electrons. The standard InChI is InChI=1S/C18H19NO5S2/c1-22-14-7-8-17(23-2)18(11-14)26(20,21)19(12-15-5-3-9-24-15)13-16-6-4-10-25-16/h3-11H,12-13H2,1-2H3. The van der Waals surface area contributed by atoms with Crippen molar-refractivity contribution in [2.75, 3.05) is 14.2 Å². The van der Waals surface area contributed by atoms with Crippen LogP contribution >= 0.6 is 11.3 Å². The molecule has 0 aliphatic carbocycles. The van der Waals surface area contributed by atoms with E-state index >= 15 is 0 Å². The van der Waals surface area contributed by atoms with E-state index in [0.717, 1.165) is 4.88 Å². The lowest BCUT2D eigenvalue weighted by atomic mass is 10.3. The molecule has 0 saturated heterocycles. The number of furan rings is 1. The van der Waals surface area contributed by atoms with Crippen molar-refractivity contribution in [1.29, 1.82) is 0 Å². The van der Waals surface area contributed by atoms with E-state index in [1.807, 2.05) is 17.5 Å². The van der Waals surface area contributed by atoms with Crippen molar-refractivity contribution in [1.82, 2.24) is 4.31 Å². The molecule has 0 aliphatic heterocycles. The molecule has 0 spiro atoms. The van der Waals surface area contributed by atoms with Crippen LogP contribution in [0.2, 0.25) is 0 Å². The van der Waals surface area contributed by atoms with Crippen LogP contribution < -0.4 is 9.47 Å². The Balaban J connectivity index is 2.03. The zero-order valence-corrected chi connectivity index (χ0v) is 16.0. The van der Waals surface area contributed by atoms with Gasteiger partial charge in [0.1, 0.15) is 22.2 Å². The largest absolute Gasteiger partial charge is 0.497 e. The maximum atomic E-state index is 13.4. The van der Waals surface area contributed by atoms with Gasteiger partial charge in [-0.05, 0) is 35.7 Å². The third-order valence-electron chi connectivity index (χ3n) is 3.81. The smallest absolute Gasteiger partial charge is 0.247 e. The molecule has 138 valence electrons. The second-order valence-corrected chi connectivity index (χ2v) is 8.39. The van der Waals surface area contributed by atoms with E-state index in [2.05, 4.69) is 0 Å². The maximum absolute atomic E-state index is 13.4. The Morgan fingerprint density at radius 1 is 1.08 bits per heavy atom. The third-order valence-corrected chi connectivity index (χ3v) is 6.49. The first-order chi connectivity index (χ1) is 12.5. The Morgan fingerprint density at radius 3 is 2.54 bits per heavy atom. The minimum atomic E-state index is -3.85. The van der Waals surface area contributed by atoms with Gasteiger partial charge in [0.05, 0.1) is 27.0 Å². The fraction of sp³-hybridized carbons (Fsp3) is 0.222. The minimum absolute atomic E-state index is 0.0578. The lowest BCUT2D eigenvalue weighted by molar-refractivity contribution is 0.354. The van der Waals surface area contributed by atoms with Crippen LogP contribution in [0.15, 0.2) is 63.4 Å². The molecule has 2 heterocycles. The van der Waals surface area contributed by atoms with Crippen molar-refractivity contribution in [3.63, 3.8) is 0 Å². The van der Waals surface area contributed by atoms with Crippen LogP contribution in [0.4, 0.5) is 0 Å². The van der Waals surface area contributed by atoms with E-state index in [-0.39, 0.29) is 23.7 Å². The van der Waals surface area contributed by atoms with E-state index < -0.39 is 10.0 Å². The van der Waals surface area contributed by atoms with Gasteiger partial charge in [0.25, 0.3) is 0 Å². The summed E-state index contributed by atoms with van der Waals surface area (Å²) in [6, 6.07) is 12.0. The number of hydrogen-bond acceptors (Lipinski definition) is 6. The predicted molar refractivity (Wildman–Crippen MR) is 99.0 cm³/mol. The van der Waals surface area contributed by atoms with Crippen LogP contribution in [0.1, 0.15) is 10.6 Å². The molecule has 0 fully saturated rings. The van der Waals surface area contributed by atoms with E-state index in [4.69, 9.17) is 13.9 Å². The quantitative estimate of drug-likeness (QED) is 0.583. The molecule has 3 aromatic rings. The summed E-state index contributed by atoms with van der Waals surface area (Å²) < 4.78 is 44.0. The maximum Gasteiger partial charge on any atom is 0.247 e. The molecule has 0 unspecified atom stereocenters. The van der Waals surface area contributed by atoms with E-state index in [0.29, 0.717) is 11.5 Å². The number of rotatable bonds is 8. The highest BCUT2D eigenvalue weighted by molar-refractivity contribution is 7.89. The third kappa shape index (κ3) is 3.92. The van der Waals surface area contributed by atoms with Crippen molar-refractivity contribution in [3.8, 4) is 11.5 Å². The number of nitrogens with zero attached hydrogens (tertiary/aromatic N) is 1. The fourth-order valence-corrected chi connectivity index (χ4v) is 4.86. The van der Waals surface area contributed by atoms with Crippen LogP contribution in [-0.4, -0.2) is 26.9 Å². The number of ether oxygens (including phenoxy) is 2.